The van der Waals surface area contributed by atoms with Gasteiger partial charge in [-0.1, -0.05) is 0 Å². The topological polar surface area (TPSA) is 72.8 Å². The Balaban J connectivity index is 3.83. The number of carboxylic acid groups (broad SMARTS) is 1. The minimum atomic E-state index is -1.22. The van der Waals surface area contributed by atoms with Crippen LogP contribution in [-0.2, 0) is 19.4 Å². The molecule has 0 aromatic heterocycles. The molecule has 0 atom stereocenters. The molecule has 0 aliphatic heterocycles. The first-order valence-corrected chi connectivity index (χ1v) is 3.62. The van der Waals surface area contributed by atoms with Gasteiger partial charge in [-0.25, -0.2) is 9.59 Å². The SMILES string of the molecule is CC(C)(C)OOC(=O)/C=C/C(=O)O. The number of rotatable bonds is 3. The number of carboxylic acids is 1. The Morgan fingerprint density at radius 2 is 1.77 bits per heavy atom. The maximum Gasteiger partial charge on any atom is 0.366 e. The summed E-state index contributed by atoms with van der Waals surface area (Å²) in [5, 5.41) is 8.16. The molecule has 13 heavy (non-hydrogen) atoms. The van der Waals surface area contributed by atoms with Crippen molar-refractivity contribution in [2.24, 2.45) is 0 Å². The monoisotopic (exact) mass is 188 g/mol. The van der Waals surface area contributed by atoms with E-state index in [1.165, 1.54) is 0 Å². The third kappa shape index (κ3) is 8.55. The minimum Gasteiger partial charge on any atom is -0.478 e. The van der Waals surface area contributed by atoms with Crippen LogP contribution in [0.4, 0.5) is 0 Å². The van der Waals surface area contributed by atoms with Crippen molar-refractivity contribution in [2.45, 2.75) is 26.4 Å². The van der Waals surface area contributed by atoms with Gasteiger partial charge in [0, 0.05) is 12.2 Å². The maximum absolute atomic E-state index is 10.7. The van der Waals surface area contributed by atoms with Crippen molar-refractivity contribution in [2.75, 3.05) is 0 Å². The Morgan fingerprint density at radius 1 is 1.23 bits per heavy atom. The van der Waals surface area contributed by atoms with Crippen LogP contribution in [0.3, 0.4) is 0 Å². The van der Waals surface area contributed by atoms with E-state index >= 15 is 0 Å². The highest BCUT2D eigenvalue weighted by Gasteiger charge is 2.13. The van der Waals surface area contributed by atoms with E-state index in [0.717, 1.165) is 6.08 Å². The maximum atomic E-state index is 10.7. The fourth-order valence-corrected chi connectivity index (χ4v) is 0.333. The van der Waals surface area contributed by atoms with Gasteiger partial charge in [0.2, 0.25) is 0 Å². The first-order valence-electron chi connectivity index (χ1n) is 3.62. The second kappa shape index (κ2) is 4.61. The Bertz CT molecular complexity index is 223. The van der Waals surface area contributed by atoms with E-state index in [1.807, 2.05) is 0 Å². The summed E-state index contributed by atoms with van der Waals surface area (Å²) in [6.07, 6.45) is 1.45. The first kappa shape index (κ1) is 11.6. The number of hydrogen-bond donors (Lipinski definition) is 1. The van der Waals surface area contributed by atoms with Crippen molar-refractivity contribution in [1.29, 1.82) is 0 Å². The normalized spacial score (nSPS) is 11.6. The van der Waals surface area contributed by atoms with Crippen molar-refractivity contribution in [1.82, 2.24) is 0 Å². The fourth-order valence-electron chi connectivity index (χ4n) is 0.333. The summed E-state index contributed by atoms with van der Waals surface area (Å²) in [5.41, 5.74) is -0.604. The van der Waals surface area contributed by atoms with Gasteiger partial charge in [-0.3, -0.25) is 4.89 Å². The lowest BCUT2D eigenvalue weighted by Crippen LogP contribution is -2.21. The van der Waals surface area contributed by atoms with Crippen LogP contribution in [0.5, 0.6) is 0 Å². The molecule has 0 amide bonds. The summed E-state index contributed by atoms with van der Waals surface area (Å²) in [6, 6.07) is 0. The molecule has 74 valence electrons. The van der Waals surface area contributed by atoms with Crippen LogP contribution in [0, 0.1) is 0 Å². The minimum absolute atomic E-state index is 0.604. The summed E-state index contributed by atoms with van der Waals surface area (Å²) < 4.78 is 0. The molecule has 0 aliphatic rings. The van der Waals surface area contributed by atoms with Crippen molar-refractivity contribution in [3.63, 3.8) is 0 Å². The van der Waals surface area contributed by atoms with E-state index in [-0.39, 0.29) is 0 Å². The predicted octanol–water partition coefficient (Wildman–Crippen LogP) is 0.900. The van der Waals surface area contributed by atoms with Gasteiger partial charge in [0.05, 0.1) is 0 Å². The Kier molecular flexibility index (Phi) is 4.13. The van der Waals surface area contributed by atoms with Gasteiger partial charge in [-0.2, -0.15) is 4.89 Å². The zero-order chi connectivity index (χ0) is 10.5. The van der Waals surface area contributed by atoms with Gasteiger partial charge in [0.15, 0.2) is 0 Å². The molecule has 0 unspecified atom stereocenters. The highest BCUT2D eigenvalue weighted by Crippen LogP contribution is 2.06. The molecule has 0 heterocycles. The molecule has 0 aromatic rings. The summed E-state index contributed by atoms with van der Waals surface area (Å²) >= 11 is 0. The van der Waals surface area contributed by atoms with Gasteiger partial charge in [-0.05, 0) is 20.8 Å². The molecule has 5 nitrogen and oxygen atoms in total. The summed E-state index contributed by atoms with van der Waals surface area (Å²) in [4.78, 5) is 29.6. The number of hydrogen-bond acceptors (Lipinski definition) is 4. The molecule has 0 aliphatic carbocycles. The highest BCUT2D eigenvalue weighted by molar-refractivity contribution is 5.90. The standard InChI is InChI=1S/C8H12O5/c1-8(2,3)13-12-7(11)5-4-6(9)10/h4-5H,1-3H3,(H,9,10)/b5-4+. The third-order valence-corrected chi connectivity index (χ3v) is 0.736. The molecule has 0 bridgehead atoms. The average molecular weight is 188 g/mol. The average Bonchev–Trinajstić information content (AvgIpc) is 1.95. The van der Waals surface area contributed by atoms with E-state index in [0.29, 0.717) is 6.08 Å². The van der Waals surface area contributed by atoms with Gasteiger partial charge >= 0.3 is 11.9 Å². The van der Waals surface area contributed by atoms with Crippen molar-refractivity contribution < 1.29 is 24.5 Å². The van der Waals surface area contributed by atoms with E-state index in [2.05, 4.69) is 9.78 Å². The molecule has 0 saturated heterocycles. The zero-order valence-corrected chi connectivity index (χ0v) is 7.73. The van der Waals surface area contributed by atoms with Crippen LogP contribution in [0.2, 0.25) is 0 Å². The van der Waals surface area contributed by atoms with Crippen molar-refractivity contribution >= 4 is 11.9 Å². The van der Waals surface area contributed by atoms with Crippen LogP contribution in [0.25, 0.3) is 0 Å². The van der Waals surface area contributed by atoms with Gasteiger partial charge < -0.3 is 5.11 Å². The van der Waals surface area contributed by atoms with Crippen LogP contribution < -0.4 is 0 Å². The summed E-state index contributed by atoms with van der Waals surface area (Å²) in [7, 11) is 0. The van der Waals surface area contributed by atoms with E-state index < -0.39 is 17.5 Å². The molecular formula is C8H12O5. The molecule has 5 heteroatoms. The Morgan fingerprint density at radius 3 is 2.15 bits per heavy atom. The second-order valence-electron chi connectivity index (χ2n) is 3.27. The van der Waals surface area contributed by atoms with Crippen LogP contribution in [-0.4, -0.2) is 22.6 Å². The lowest BCUT2D eigenvalue weighted by Gasteiger charge is -2.15. The van der Waals surface area contributed by atoms with E-state index in [1.54, 1.807) is 20.8 Å². The van der Waals surface area contributed by atoms with E-state index in [4.69, 9.17) is 5.11 Å². The molecule has 0 aromatic carbocycles. The Hall–Kier alpha value is -1.36. The van der Waals surface area contributed by atoms with Crippen LogP contribution in [0.15, 0.2) is 12.2 Å². The van der Waals surface area contributed by atoms with E-state index in [9.17, 15) is 9.59 Å². The molecule has 0 radical (unpaired) electrons. The summed E-state index contributed by atoms with van der Waals surface area (Å²) in [5.74, 6) is -2.06. The number of aliphatic carboxylic acids is 1. The molecular weight excluding hydrogens is 176 g/mol. The van der Waals surface area contributed by atoms with Crippen LogP contribution >= 0.6 is 0 Å². The molecule has 0 spiro atoms. The fraction of sp³-hybridized carbons (Fsp3) is 0.500. The summed E-state index contributed by atoms with van der Waals surface area (Å²) in [6.45, 7) is 5.09. The first-order chi connectivity index (χ1) is 5.81. The smallest absolute Gasteiger partial charge is 0.366 e. The molecule has 1 N–H and O–H groups in total. The van der Waals surface area contributed by atoms with Crippen molar-refractivity contribution in [3.05, 3.63) is 12.2 Å². The second-order valence-corrected chi connectivity index (χ2v) is 3.27. The van der Waals surface area contributed by atoms with Gasteiger partial charge in [-0.15, -0.1) is 0 Å². The third-order valence-electron chi connectivity index (χ3n) is 0.736. The quantitative estimate of drug-likeness (QED) is 0.404. The van der Waals surface area contributed by atoms with Gasteiger partial charge in [0.1, 0.15) is 5.60 Å². The zero-order valence-electron chi connectivity index (χ0n) is 7.73. The van der Waals surface area contributed by atoms with Crippen LogP contribution in [0.1, 0.15) is 20.8 Å². The largest absolute Gasteiger partial charge is 0.478 e. The highest BCUT2D eigenvalue weighted by atomic mass is 17.2. The molecule has 0 saturated carbocycles. The predicted molar refractivity (Wildman–Crippen MR) is 43.7 cm³/mol. The molecule has 0 rings (SSSR count). The number of carbonyl (C=O) groups excluding carboxylic acids is 1. The van der Waals surface area contributed by atoms with Crippen molar-refractivity contribution in [3.8, 4) is 0 Å². The number of carbonyl (C=O) groups is 2. The van der Waals surface area contributed by atoms with Gasteiger partial charge in [0.25, 0.3) is 0 Å². The lowest BCUT2D eigenvalue weighted by atomic mass is 10.2. The molecule has 0 fully saturated rings. The Labute approximate surface area is 75.9 Å². The lowest BCUT2D eigenvalue weighted by molar-refractivity contribution is -0.316.